The summed E-state index contributed by atoms with van der Waals surface area (Å²) in [6.07, 6.45) is 1.53. The van der Waals surface area contributed by atoms with Crippen LogP contribution in [0.4, 0.5) is 4.79 Å². The third-order valence-electron chi connectivity index (χ3n) is 1.05. The largest absolute Gasteiger partial charge is 0.337 e. The van der Waals surface area contributed by atoms with Crippen molar-refractivity contribution in [2.24, 2.45) is 0 Å². The summed E-state index contributed by atoms with van der Waals surface area (Å²) >= 11 is 5.14. The summed E-state index contributed by atoms with van der Waals surface area (Å²) < 4.78 is 10.6. The Labute approximate surface area is 83.7 Å². The zero-order chi connectivity index (χ0) is 10.3. The molecule has 7 heteroatoms. The number of hydrogen-bond acceptors (Lipinski definition) is 3. The van der Waals surface area contributed by atoms with E-state index in [4.69, 9.17) is 11.6 Å². The molecular weight excluding hydrogens is 216 g/mol. The van der Waals surface area contributed by atoms with Gasteiger partial charge >= 0.3 is 6.03 Å². The van der Waals surface area contributed by atoms with Gasteiger partial charge in [-0.1, -0.05) is 0 Å². The molecule has 2 N–H and O–H groups in total. The van der Waals surface area contributed by atoms with Gasteiger partial charge in [-0.15, -0.1) is 11.6 Å². The minimum atomic E-state index is -0.950. The van der Waals surface area contributed by atoms with E-state index in [2.05, 4.69) is 5.32 Å². The first kappa shape index (κ1) is 12.4. The Morgan fingerprint density at radius 1 is 1.46 bits per heavy atom. The highest BCUT2D eigenvalue weighted by atomic mass is 35.5. The molecule has 0 aliphatic rings. The van der Waals surface area contributed by atoms with Crippen molar-refractivity contribution < 1.29 is 13.8 Å². The number of amides is 3. The van der Waals surface area contributed by atoms with Gasteiger partial charge in [0.25, 0.3) is 0 Å². The van der Waals surface area contributed by atoms with Crippen LogP contribution in [0.2, 0.25) is 0 Å². The van der Waals surface area contributed by atoms with Crippen LogP contribution in [0.1, 0.15) is 0 Å². The van der Waals surface area contributed by atoms with E-state index >= 15 is 0 Å². The van der Waals surface area contributed by atoms with Gasteiger partial charge < -0.3 is 5.32 Å². The first-order valence-corrected chi connectivity index (χ1v) is 5.76. The van der Waals surface area contributed by atoms with Gasteiger partial charge in [0.1, 0.15) is 5.88 Å². The number of hydrogen-bond donors (Lipinski definition) is 2. The summed E-state index contributed by atoms with van der Waals surface area (Å²) in [6.45, 7) is 0.268. The van der Waals surface area contributed by atoms with Crippen LogP contribution in [0, 0.1) is 0 Å². The molecule has 76 valence electrons. The third kappa shape index (κ3) is 7.73. The van der Waals surface area contributed by atoms with Crippen LogP contribution in [0.5, 0.6) is 0 Å². The van der Waals surface area contributed by atoms with Crippen molar-refractivity contribution >= 4 is 34.3 Å². The molecule has 0 saturated carbocycles. The van der Waals surface area contributed by atoms with E-state index in [9.17, 15) is 13.8 Å². The number of carbonyl (C=O) groups excluding carboxylic acids is 2. The molecule has 0 aromatic heterocycles. The molecule has 0 radical (unpaired) electrons. The molecule has 0 aromatic rings. The van der Waals surface area contributed by atoms with E-state index in [1.54, 1.807) is 0 Å². The smallest absolute Gasteiger partial charge is 0.321 e. The van der Waals surface area contributed by atoms with E-state index in [0.29, 0.717) is 5.75 Å². The van der Waals surface area contributed by atoms with Crippen molar-refractivity contribution in [3.05, 3.63) is 0 Å². The number of imide groups is 1. The van der Waals surface area contributed by atoms with Crippen molar-refractivity contribution in [1.82, 2.24) is 10.6 Å². The fourth-order valence-electron chi connectivity index (χ4n) is 0.513. The van der Waals surface area contributed by atoms with E-state index < -0.39 is 22.7 Å². The van der Waals surface area contributed by atoms with Gasteiger partial charge in [0.15, 0.2) is 0 Å². The van der Waals surface area contributed by atoms with E-state index in [0.717, 1.165) is 0 Å². The van der Waals surface area contributed by atoms with E-state index in [1.165, 1.54) is 6.26 Å². The Balaban J connectivity index is 3.52. The molecular formula is C6H11ClN2O3S. The zero-order valence-corrected chi connectivity index (χ0v) is 8.70. The molecule has 0 saturated heterocycles. The van der Waals surface area contributed by atoms with Gasteiger partial charge in [-0.2, -0.15) is 0 Å². The third-order valence-corrected chi connectivity index (χ3v) is 2.07. The maximum absolute atomic E-state index is 10.8. The molecule has 1 atom stereocenters. The van der Waals surface area contributed by atoms with E-state index in [-0.39, 0.29) is 12.4 Å². The molecule has 0 aliphatic carbocycles. The quantitative estimate of drug-likeness (QED) is 0.631. The van der Waals surface area contributed by atoms with Gasteiger partial charge in [-0.25, -0.2) is 4.79 Å². The van der Waals surface area contributed by atoms with Crippen LogP contribution >= 0.6 is 11.6 Å². The van der Waals surface area contributed by atoms with Crippen LogP contribution in [-0.2, 0) is 15.6 Å². The number of carbonyl (C=O) groups is 2. The Morgan fingerprint density at radius 3 is 2.54 bits per heavy atom. The number of rotatable bonds is 4. The summed E-state index contributed by atoms with van der Waals surface area (Å²) in [5.74, 6) is -0.452. The summed E-state index contributed by atoms with van der Waals surface area (Å²) in [5.41, 5.74) is 0. The highest BCUT2D eigenvalue weighted by Gasteiger charge is 2.04. The maximum atomic E-state index is 10.8. The van der Waals surface area contributed by atoms with Crippen molar-refractivity contribution in [2.45, 2.75) is 0 Å². The lowest BCUT2D eigenvalue weighted by molar-refractivity contribution is -0.117. The second-order valence-electron chi connectivity index (χ2n) is 2.22. The maximum Gasteiger partial charge on any atom is 0.321 e. The fraction of sp³-hybridized carbons (Fsp3) is 0.667. The molecule has 0 heterocycles. The van der Waals surface area contributed by atoms with Gasteiger partial charge in [-0.05, 0) is 0 Å². The Morgan fingerprint density at radius 2 is 2.08 bits per heavy atom. The van der Waals surface area contributed by atoms with Crippen LogP contribution in [-0.4, -0.2) is 40.6 Å². The zero-order valence-electron chi connectivity index (χ0n) is 7.13. The molecule has 0 spiro atoms. The first-order chi connectivity index (χ1) is 6.06. The highest BCUT2D eigenvalue weighted by Crippen LogP contribution is 1.75. The van der Waals surface area contributed by atoms with Crippen LogP contribution in [0.15, 0.2) is 0 Å². The number of urea groups is 1. The van der Waals surface area contributed by atoms with Crippen molar-refractivity contribution in [3.8, 4) is 0 Å². The average molecular weight is 227 g/mol. The summed E-state index contributed by atoms with van der Waals surface area (Å²) in [4.78, 5) is 21.3. The van der Waals surface area contributed by atoms with Crippen LogP contribution in [0.3, 0.4) is 0 Å². The van der Waals surface area contributed by atoms with Crippen molar-refractivity contribution in [2.75, 3.05) is 24.4 Å². The first-order valence-electron chi connectivity index (χ1n) is 3.50. The molecule has 3 amide bonds. The van der Waals surface area contributed by atoms with Crippen LogP contribution in [0.25, 0.3) is 0 Å². The van der Waals surface area contributed by atoms with Crippen molar-refractivity contribution in [1.29, 1.82) is 0 Å². The highest BCUT2D eigenvalue weighted by molar-refractivity contribution is 7.84. The number of alkyl halides is 1. The Kier molecular flexibility index (Phi) is 6.52. The molecule has 0 fully saturated rings. The molecule has 0 rings (SSSR count). The lowest BCUT2D eigenvalue weighted by Crippen LogP contribution is -2.41. The van der Waals surface area contributed by atoms with Gasteiger partial charge in [-0.3, -0.25) is 14.3 Å². The Hall–Kier alpha value is -0.620. The predicted molar refractivity (Wildman–Crippen MR) is 51.2 cm³/mol. The second-order valence-corrected chi connectivity index (χ2v) is 4.04. The fourth-order valence-corrected chi connectivity index (χ4v) is 0.969. The van der Waals surface area contributed by atoms with Crippen LogP contribution < -0.4 is 10.6 Å². The summed E-state index contributed by atoms with van der Waals surface area (Å²) in [6, 6.07) is -0.615. The molecule has 13 heavy (non-hydrogen) atoms. The molecule has 1 unspecified atom stereocenters. The molecule has 5 nitrogen and oxygen atoms in total. The molecule has 0 bridgehead atoms. The summed E-state index contributed by atoms with van der Waals surface area (Å²) in [5, 5.41) is 4.34. The lowest BCUT2D eigenvalue weighted by Gasteiger charge is -2.03. The standard InChI is InChI=1S/C6H11ClN2O3S/c1-13(12)3-2-8-6(11)9-5(10)4-7/h2-4H2,1H3,(H2,8,9,10,11). The number of halogens is 1. The van der Waals surface area contributed by atoms with E-state index in [1.807, 2.05) is 5.32 Å². The van der Waals surface area contributed by atoms with Crippen molar-refractivity contribution in [3.63, 3.8) is 0 Å². The molecule has 0 aromatic carbocycles. The van der Waals surface area contributed by atoms with Gasteiger partial charge in [0, 0.05) is 29.4 Å². The topological polar surface area (TPSA) is 75.3 Å². The average Bonchev–Trinajstić information content (AvgIpc) is 2.03. The summed E-state index contributed by atoms with van der Waals surface area (Å²) in [7, 11) is -0.950. The monoisotopic (exact) mass is 226 g/mol. The van der Waals surface area contributed by atoms with Gasteiger partial charge in [0.2, 0.25) is 5.91 Å². The number of nitrogens with one attached hydrogen (secondary N) is 2. The second kappa shape index (κ2) is 6.85. The van der Waals surface area contributed by atoms with Gasteiger partial charge in [0.05, 0.1) is 0 Å². The lowest BCUT2D eigenvalue weighted by atomic mass is 10.6. The normalized spacial score (nSPS) is 11.8. The molecule has 0 aliphatic heterocycles. The Bertz CT molecular complexity index is 222. The predicted octanol–water partition coefficient (Wildman–Crippen LogP) is -0.571. The SMILES string of the molecule is CS(=O)CCNC(=O)NC(=O)CCl. The minimum Gasteiger partial charge on any atom is -0.337 e. The minimum absolute atomic E-state index is 0.257.